The van der Waals surface area contributed by atoms with E-state index in [1.165, 1.54) is 0 Å². The van der Waals surface area contributed by atoms with Crippen LogP contribution < -0.4 is 0 Å². The van der Waals surface area contributed by atoms with E-state index in [4.69, 9.17) is 9.52 Å². The van der Waals surface area contributed by atoms with Crippen LogP contribution in [0.1, 0.15) is 30.2 Å². The van der Waals surface area contributed by atoms with Gasteiger partial charge in [0.1, 0.15) is 11.3 Å². The van der Waals surface area contributed by atoms with Crippen molar-refractivity contribution in [2.24, 2.45) is 0 Å². The van der Waals surface area contributed by atoms with Crippen molar-refractivity contribution < 1.29 is 9.52 Å². The van der Waals surface area contributed by atoms with Crippen LogP contribution in [0.4, 0.5) is 0 Å². The van der Waals surface area contributed by atoms with Crippen molar-refractivity contribution >= 4 is 11.0 Å². The quantitative estimate of drug-likeness (QED) is 0.833. The normalized spacial score (nSPS) is 11.1. The van der Waals surface area contributed by atoms with Gasteiger partial charge in [0.15, 0.2) is 0 Å². The first-order valence-corrected chi connectivity index (χ1v) is 5.37. The molecule has 0 unspecified atom stereocenters. The van der Waals surface area contributed by atoms with Gasteiger partial charge in [-0.15, -0.1) is 0 Å². The van der Waals surface area contributed by atoms with E-state index < -0.39 is 0 Å². The van der Waals surface area contributed by atoms with Gasteiger partial charge in [-0.2, -0.15) is 0 Å². The lowest BCUT2D eigenvalue weighted by molar-refractivity contribution is 0.282. The molecule has 0 radical (unpaired) electrons. The van der Waals surface area contributed by atoms with Gasteiger partial charge in [-0.25, -0.2) is 0 Å². The first-order valence-electron chi connectivity index (χ1n) is 5.37. The van der Waals surface area contributed by atoms with Crippen LogP contribution in [0.3, 0.4) is 0 Å². The molecule has 0 fully saturated rings. The van der Waals surface area contributed by atoms with Crippen LogP contribution in [0.25, 0.3) is 11.0 Å². The minimum atomic E-state index is 0.0884. The van der Waals surface area contributed by atoms with Gasteiger partial charge in [0.2, 0.25) is 0 Å². The summed E-state index contributed by atoms with van der Waals surface area (Å²) in [5, 5.41) is 10.2. The number of rotatable bonds is 3. The number of fused-ring (bicyclic) bond motifs is 1. The third-order valence-corrected chi connectivity index (χ3v) is 2.59. The highest BCUT2D eigenvalue weighted by Gasteiger charge is 2.07. The highest BCUT2D eigenvalue weighted by molar-refractivity contribution is 5.81. The van der Waals surface area contributed by atoms with E-state index in [9.17, 15) is 0 Å². The summed E-state index contributed by atoms with van der Waals surface area (Å²) in [4.78, 5) is 0. The molecule has 1 heterocycles. The molecule has 2 heteroatoms. The van der Waals surface area contributed by atoms with Crippen LogP contribution >= 0.6 is 0 Å². The molecule has 0 aliphatic rings. The fraction of sp³-hybridized carbons (Fsp3) is 0.385. The number of hydrogen-bond acceptors (Lipinski definition) is 2. The third-order valence-electron chi connectivity index (χ3n) is 2.59. The van der Waals surface area contributed by atoms with Crippen molar-refractivity contribution in [3.05, 3.63) is 35.1 Å². The molecule has 1 N–H and O–H groups in total. The van der Waals surface area contributed by atoms with Gasteiger partial charge in [-0.3, -0.25) is 0 Å². The maximum Gasteiger partial charge on any atom is 0.137 e. The first-order chi connectivity index (χ1) is 7.24. The molecule has 0 aliphatic carbocycles. The second kappa shape index (κ2) is 4.07. The molecule has 0 aliphatic heterocycles. The molecule has 2 aromatic rings. The third kappa shape index (κ3) is 1.90. The van der Waals surface area contributed by atoms with Gasteiger partial charge in [0, 0.05) is 11.8 Å². The summed E-state index contributed by atoms with van der Waals surface area (Å²) >= 11 is 0. The molecular formula is C13H16O2. The van der Waals surface area contributed by atoms with E-state index in [1.54, 1.807) is 0 Å². The van der Waals surface area contributed by atoms with Gasteiger partial charge in [0.05, 0.1) is 6.61 Å². The number of hydrogen-bond donors (Lipinski definition) is 1. The van der Waals surface area contributed by atoms with Crippen molar-refractivity contribution in [2.75, 3.05) is 0 Å². The van der Waals surface area contributed by atoms with Crippen molar-refractivity contribution in [1.82, 2.24) is 0 Å². The molecule has 15 heavy (non-hydrogen) atoms. The lowest BCUT2D eigenvalue weighted by Crippen LogP contribution is -1.84. The van der Waals surface area contributed by atoms with Gasteiger partial charge < -0.3 is 9.52 Å². The fourth-order valence-electron chi connectivity index (χ4n) is 1.92. The molecule has 0 amide bonds. The average molecular weight is 204 g/mol. The Bertz CT molecular complexity index is 469. The molecule has 0 atom stereocenters. The van der Waals surface area contributed by atoms with Gasteiger partial charge >= 0.3 is 0 Å². The van der Waals surface area contributed by atoms with E-state index in [-0.39, 0.29) is 6.61 Å². The molecule has 2 rings (SSSR count). The van der Waals surface area contributed by atoms with Crippen LogP contribution in [0.2, 0.25) is 0 Å². The number of aliphatic hydroxyl groups is 1. The predicted molar refractivity (Wildman–Crippen MR) is 60.9 cm³/mol. The summed E-state index contributed by atoms with van der Waals surface area (Å²) in [7, 11) is 0. The topological polar surface area (TPSA) is 33.4 Å². The molecular weight excluding hydrogens is 188 g/mol. The highest BCUT2D eigenvalue weighted by atomic mass is 16.3. The van der Waals surface area contributed by atoms with E-state index in [2.05, 4.69) is 13.0 Å². The average Bonchev–Trinajstić information content (AvgIpc) is 2.61. The summed E-state index contributed by atoms with van der Waals surface area (Å²) in [6, 6.07) is 6.04. The Morgan fingerprint density at radius 1 is 1.27 bits per heavy atom. The smallest absolute Gasteiger partial charge is 0.137 e. The molecule has 80 valence electrons. The Morgan fingerprint density at radius 3 is 2.73 bits per heavy atom. The zero-order chi connectivity index (χ0) is 10.8. The first kappa shape index (κ1) is 10.2. The standard InChI is InChI=1S/C13H16O2/c1-3-4-12-7-11-6-10(8-14)5-9(2)13(11)15-12/h5-7,14H,3-4,8H2,1-2H3. The van der Waals surface area contributed by atoms with Gasteiger partial charge in [0.25, 0.3) is 0 Å². The van der Waals surface area contributed by atoms with Crippen LogP contribution in [0.15, 0.2) is 22.6 Å². The minimum Gasteiger partial charge on any atom is -0.461 e. The van der Waals surface area contributed by atoms with Crippen LogP contribution in [-0.4, -0.2) is 5.11 Å². The lowest BCUT2D eigenvalue weighted by atomic mass is 10.1. The number of benzene rings is 1. The number of furan rings is 1. The van der Waals surface area contributed by atoms with Crippen molar-refractivity contribution in [2.45, 2.75) is 33.3 Å². The van der Waals surface area contributed by atoms with Crippen molar-refractivity contribution in [3.8, 4) is 0 Å². The molecule has 0 spiro atoms. The van der Waals surface area contributed by atoms with Crippen LogP contribution in [-0.2, 0) is 13.0 Å². The zero-order valence-corrected chi connectivity index (χ0v) is 9.21. The Morgan fingerprint density at radius 2 is 2.07 bits per heavy atom. The molecule has 0 bridgehead atoms. The van der Waals surface area contributed by atoms with Crippen LogP contribution in [0.5, 0.6) is 0 Å². The van der Waals surface area contributed by atoms with E-state index >= 15 is 0 Å². The summed E-state index contributed by atoms with van der Waals surface area (Å²) in [5.74, 6) is 1.03. The minimum absolute atomic E-state index is 0.0884. The van der Waals surface area contributed by atoms with Crippen molar-refractivity contribution in [3.63, 3.8) is 0 Å². The highest BCUT2D eigenvalue weighted by Crippen LogP contribution is 2.25. The summed E-state index contributed by atoms with van der Waals surface area (Å²) in [5.41, 5.74) is 3.00. The Balaban J connectivity index is 2.54. The monoisotopic (exact) mass is 204 g/mol. The predicted octanol–water partition coefficient (Wildman–Crippen LogP) is 3.19. The second-order valence-corrected chi connectivity index (χ2v) is 3.95. The number of aliphatic hydroxyl groups excluding tert-OH is 1. The van der Waals surface area contributed by atoms with E-state index in [1.807, 2.05) is 19.1 Å². The lowest BCUT2D eigenvalue weighted by Gasteiger charge is -1.99. The summed E-state index contributed by atoms with van der Waals surface area (Å²) in [6.07, 6.45) is 2.06. The maximum absolute atomic E-state index is 9.10. The molecule has 1 aromatic carbocycles. The zero-order valence-electron chi connectivity index (χ0n) is 9.21. The maximum atomic E-state index is 9.10. The van der Waals surface area contributed by atoms with Gasteiger partial charge in [-0.1, -0.05) is 13.0 Å². The summed E-state index contributed by atoms with van der Waals surface area (Å²) < 4.78 is 5.76. The molecule has 0 saturated heterocycles. The van der Waals surface area contributed by atoms with Gasteiger partial charge in [-0.05, 0) is 36.6 Å². The fourth-order valence-corrected chi connectivity index (χ4v) is 1.92. The van der Waals surface area contributed by atoms with Crippen molar-refractivity contribution in [1.29, 1.82) is 0 Å². The van der Waals surface area contributed by atoms with E-state index in [0.29, 0.717) is 0 Å². The molecule has 2 nitrogen and oxygen atoms in total. The molecule has 1 aromatic heterocycles. The molecule has 0 saturated carbocycles. The Kier molecular flexibility index (Phi) is 2.78. The van der Waals surface area contributed by atoms with Crippen LogP contribution in [0, 0.1) is 6.92 Å². The Hall–Kier alpha value is -1.28. The Labute approximate surface area is 89.5 Å². The second-order valence-electron chi connectivity index (χ2n) is 3.95. The SMILES string of the molecule is CCCc1cc2cc(CO)cc(C)c2o1. The van der Waals surface area contributed by atoms with E-state index in [0.717, 1.165) is 40.7 Å². The summed E-state index contributed by atoms with van der Waals surface area (Å²) in [6.45, 7) is 4.24. The largest absolute Gasteiger partial charge is 0.461 e. The number of aryl methyl sites for hydroxylation is 2.